The van der Waals surface area contributed by atoms with Gasteiger partial charge in [-0.15, -0.1) is 0 Å². The molecule has 0 spiro atoms. The van der Waals surface area contributed by atoms with Gasteiger partial charge in [0.15, 0.2) is 0 Å². The van der Waals surface area contributed by atoms with Crippen molar-refractivity contribution < 1.29 is 4.39 Å². The lowest BCUT2D eigenvalue weighted by Gasteiger charge is -2.17. The molecule has 2 heterocycles. The summed E-state index contributed by atoms with van der Waals surface area (Å²) in [5.41, 5.74) is 2.96. The van der Waals surface area contributed by atoms with Gasteiger partial charge in [-0.25, -0.2) is 14.4 Å². The van der Waals surface area contributed by atoms with E-state index in [9.17, 15) is 4.39 Å². The number of hydrogen-bond donors (Lipinski definition) is 1. The van der Waals surface area contributed by atoms with Crippen LogP contribution in [0.4, 0.5) is 4.39 Å². The van der Waals surface area contributed by atoms with Crippen molar-refractivity contribution in [2.75, 3.05) is 6.54 Å². The molecule has 0 aliphatic carbocycles. The number of nitrogens with zero attached hydrogens (tertiary/aromatic N) is 2. The van der Waals surface area contributed by atoms with Crippen molar-refractivity contribution in [2.24, 2.45) is 0 Å². The number of aryl methyl sites for hydroxylation is 2. The number of nitrogens with one attached hydrogen (secondary N) is 1. The lowest BCUT2D eigenvalue weighted by molar-refractivity contribution is 0.601. The van der Waals surface area contributed by atoms with Crippen molar-refractivity contribution in [1.29, 1.82) is 0 Å². The molecule has 104 valence electrons. The molecule has 0 radical (unpaired) electrons. The molecular weight excluding hydrogens is 321 g/mol. The molecule has 3 rings (SSSR count). The zero-order valence-corrected chi connectivity index (χ0v) is 12.6. The number of aromatic nitrogens is 2. The Morgan fingerprint density at radius 1 is 1.20 bits per heavy atom. The molecule has 1 aromatic carbocycles. The monoisotopic (exact) mass is 335 g/mol. The molecule has 1 aromatic heterocycles. The van der Waals surface area contributed by atoms with Gasteiger partial charge in [0, 0.05) is 31.5 Å². The Hall–Kier alpha value is -1.33. The van der Waals surface area contributed by atoms with Crippen LogP contribution < -0.4 is 5.32 Å². The molecule has 1 aliphatic heterocycles. The molecule has 0 atom stereocenters. The Bertz CT molecular complexity index is 631. The topological polar surface area (TPSA) is 37.8 Å². The lowest BCUT2D eigenvalue weighted by atomic mass is 10.1. The smallest absolute Gasteiger partial charge is 0.130 e. The lowest BCUT2D eigenvalue weighted by Crippen LogP contribution is -2.26. The fraction of sp³-hybridized carbons (Fsp3) is 0.333. The Balaban J connectivity index is 1.78. The Labute approximate surface area is 125 Å². The standard InChI is InChI=1S/C15H15BrFN3/c16-15-11-9-18-8-7-13(11)19-14(20-15)6-5-10-3-1-2-4-12(10)17/h1-4,18H,5-9H2. The highest BCUT2D eigenvalue weighted by molar-refractivity contribution is 9.10. The van der Waals surface area contributed by atoms with Gasteiger partial charge in [0.25, 0.3) is 0 Å². The third-order valence-electron chi connectivity index (χ3n) is 3.50. The van der Waals surface area contributed by atoms with E-state index in [-0.39, 0.29) is 5.82 Å². The van der Waals surface area contributed by atoms with Crippen LogP contribution in [-0.2, 0) is 25.8 Å². The van der Waals surface area contributed by atoms with Gasteiger partial charge < -0.3 is 5.32 Å². The van der Waals surface area contributed by atoms with Crippen molar-refractivity contribution in [3.63, 3.8) is 0 Å². The molecule has 1 aliphatic rings. The fourth-order valence-electron chi connectivity index (χ4n) is 2.41. The van der Waals surface area contributed by atoms with Crippen LogP contribution >= 0.6 is 15.9 Å². The van der Waals surface area contributed by atoms with E-state index >= 15 is 0 Å². The van der Waals surface area contributed by atoms with Crippen molar-refractivity contribution >= 4 is 15.9 Å². The fourth-order valence-corrected chi connectivity index (χ4v) is 2.98. The van der Waals surface area contributed by atoms with Gasteiger partial charge in [-0.3, -0.25) is 0 Å². The molecule has 2 aromatic rings. The Kier molecular flexibility index (Phi) is 4.08. The summed E-state index contributed by atoms with van der Waals surface area (Å²) in [6, 6.07) is 6.86. The third kappa shape index (κ3) is 2.88. The average Bonchev–Trinajstić information content (AvgIpc) is 2.46. The van der Waals surface area contributed by atoms with Crippen molar-refractivity contribution in [3.05, 3.63) is 57.3 Å². The van der Waals surface area contributed by atoms with Crippen molar-refractivity contribution in [2.45, 2.75) is 25.8 Å². The van der Waals surface area contributed by atoms with Crippen LogP contribution in [0.25, 0.3) is 0 Å². The maximum absolute atomic E-state index is 13.6. The molecule has 3 nitrogen and oxygen atoms in total. The predicted octanol–water partition coefficient (Wildman–Crippen LogP) is 2.81. The number of halogens is 2. The first-order chi connectivity index (χ1) is 9.74. The molecule has 0 unspecified atom stereocenters. The normalized spacial score (nSPS) is 14.1. The summed E-state index contributed by atoms with van der Waals surface area (Å²) < 4.78 is 14.4. The van der Waals surface area contributed by atoms with Crippen LogP contribution in [0.3, 0.4) is 0 Å². The summed E-state index contributed by atoms with van der Waals surface area (Å²) >= 11 is 3.51. The molecule has 0 saturated heterocycles. The quantitative estimate of drug-likeness (QED) is 0.876. The summed E-state index contributed by atoms with van der Waals surface area (Å²) in [6.45, 7) is 1.76. The summed E-state index contributed by atoms with van der Waals surface area (Å²) in [4.78, 5) is 9.09. The van der Waals surface area contributed by atoms with Gasteiger partial charge in [0.05, 0.1) is 5.69 Å². The second-order valence-electron chi connectivity index (χ2n) is 4.87. The Morgan fingerprint density at radius 3 is 2.90 bits per heavy atom. The van der Waals surface area contributed by atoms with Crippen LogP contribution in [-0.4, -0.2) is 16.5 Å². The maximum atomic E-state index is 13.6. The Morgan fingerprint density at radius 2 is 2.05 bits per heavy atom. The van der Waals surface area contributed by atoms with Gasteiger partial charge in [-0.2, -0.15) is 0 Å². The van der Waals surface area contributed by atoms with Crippen LogP contribution in [0.2, 0.25) is 0 Å². The van der Waals surface area contributed by atoms with E-state index in [0.717, 1.165) is 41.2 Å². The zero-order chi connectivity index (χ0) is 13.9. The van der Waals surface area contributed by atoms with Crippen LogP contribution in [0.15, 0.2) is 28.9 Å². The minimum absolute atomic E-state index is 0.159. The summed E-state index contributed by atoms with van der Waals surface area (Å²) in [5, 5.41) is 3.31. The molecule has 0 amide bonds. The molecule has 5 heteroatoms. The van der Waals surface area contributed by atoms with E-state index in [2.05, 4.69) is 31.2 Å². The number of fused-ring (bicyclic) bond motifs is 1. The van der Waals surface area contributed by atoms with Gasteiger partial charge in [-0.05, 0) is 34.0 Å². The van der Waals surface area contributed by atoms with Gasteiger partial charge in [-0.1, -0.05) is 18.2 Å². The van der Waals surface area contributed by atoms with Gasteiger partial charge in [0.1, 0.15) is 16.2 Å². The van der Waals surface area contributed by atoms with Crippen LogP contribution in [0.1, 0.15) is 22.6 Å². The first-order valence-electron chi connectivity index (χ1n) is 6.72. The van der Waals surface area contributed by atoms with Crippen molar-refractivity contribution in [3.8, 4) is 0 Å². The molecule has 20 heavy (non-hydrogen) atoms. The second-order valence-corrected chi connectivity index (χ2v) is 5.63. The number of hydrogen-bond acceptors (Lipinski definition) is 3. The van der Waals surface area contributed by atoms with E-state index in [4.69, 9.17) is 0 Å². The number of rotatable bonds is 3. The molecule has 0 saturated carbocycles. The molecule has 1 N–H and O–H groups in total. The van der Waals surface area contributed by atoms with E-state index in [1.165, 1.54) is 6.07 Å². The minimum atomic E-state index is -0.159. The highest BCUT2D eigenvalue weighted by Gasteiger charge is 2.16. The highest BCUT2D eigenvalue weighted by atomic mass is 79.9. The minimum Gasteiger partial charge on any atom is -0.312 e. The summed E-state index contributed by atoms with van der Waals surface area (Å²) in [6.07, 6.45) is 2.19. The zero-order valence-electron chi connectivity index (χ0n) is 11.0. The van der Waals surface area contributed by atoms with E-state index in [1.54, 1.807) is 6.07 Å². The third-order valence-corrected chi connectivity index (χ3v) is 4.16. The van der Waals surface area contributed by atoms with Gasteiger partial charge in [0.2, 0.25) is 0 Å². The SMILES string of the molecule is Fc1ccccc1CCc1nc(Br)c2c(n1)CCNC2. The summed E-state index contributed by atoms with van der Waals surface area (Å²) in [5.74, 6) is 0.620. The highest BCUT2D eigenvalue weighted by Crippen LogP contribution is 2.21. The average molecular weight is 336 g/mol. The first kappa shape index (κ1) is 13.6. The van der Waals surface area contributed by atoms with E-state index in [1.807, 2.05) is 12.1 Å². The van der Waals surface area contributed by atoms with Gasteiger partial charge >= 0.3 is 0 Å². The summed E-state index contributed by atoms with van der Waals surface area (Å²) in [7, 11) is 0. The molecule has 0 bridgehead atoms. The second kappa shape index (κ2) is 5.97. The largest absolute Gasteiger partial charge is 0.312 e. The number of benzene rings is 1. The first-order valence-corrected chi connectivity index (χ1v) is 7.51. The molecular formula is C15H15BrFN3. The van der Waals surface area contributed by atoms with Crippen molar-refractivity contribution in [1.82, 2.24) is 15.3 Å². The van der Waals surface area contributed by atoms with Crippen LogP contribution in [0, 0.1) is 5.82 Å². The van der Waals surface area contributed by atoms with Crippen LogP contribution in [0.5, 0.6) is 0 Å². The molecule has 0 fully saturated rings. The maximum Gasteiger partial charge on any atom is 0.130 e. The predicted molar refractivity (Wildman–Crippen MR) is 79.0 cm³/mol. The van der Waals surface area contributed by atoms with E-state index < -0.39 is 0 Å². The van der Waals surface area contributed by atoms with E-state index in [0.29, 0.717) is 18.4 Å².